The van der Waals surface area contributed by atoms with Crippen LogP contribution >= 0.6 is 7.82 Å². The summed E-state index contributed by atoms with van der Waals surface area (Å²) in [5.74, 6) is -0.579. The summed E-state index contributed by atoms with van der Waals surface area (Å²) >= 11 is 0. The van der Waals surface area contributed by atoms with Crippen LogP contribution in [0.1, 0.15) is 265 Å². The highest BCUT2D eigenvalue weighted by atomic mass is 31.2. The third kappa shape index (κ3) is 59.1. The molecular weight excluding hydrogens is 1000 g/mol. The maximum atomic E-state index is 13.5. The van der Waals surface area contributed by atoms with Crippen molar-refractivity contribution >= 4 is 19.7 Å². The zero-order valence-electron chi connectivity index (χ0n) is 51.8. The standard InChI is InChI=1S/C69H121N2O7P/c1-7-10-13-16-19-22-25-27-29-31-33-34-35-36-38-39-41-43-46-49-52-55-58-61-68(72)70-66(65-77-79(74,75)76-64-63-71(4,5)6)67(60-57-54-51-48-45-24-21-18-15-12-9-3)78-69(73)62-59-56-53-50-47-44-42-40-37-32-30-28-26-23-20-17-14-11-8-2/h10,13,19-20,22-23,27-30,33-34,36,38,41,43,57,60,66-67H,7-9,11-12,14-18,21,24-26,31-32,35,37,39-40,42,44-56,58-59,61-65H2,1-6H3,(H-,70,72,74,75)/b13-10-,22-19-,23-20-,29-27-,30-28-,34-33-,38-36-,43-41-,60-57-. The number of unbranched alkanes of at least 4 members (excludes halogenated alkanes) is 25. The van der Waals surface area contributed by atoms with E-state index >= 15 is 0 Å². The summed E-state index contributed by atoms with van der Waals surface area (Å²) < 4.78 is 30.3. The lowest BCUT2D eigenvalue weighted by Gasteiger charge is -2.30. The molecule has 0 aromatic carbocycles. The Morgan fingerprint density at radius 1 is 0.456 bits per heavy atom. The minimum Gasteiger partial charge on any atom is -0.756 e. The Morgan fingerprint density at radius 3 is 1.24 bits per heavy atom. The predicted octanol–water partition coefficient (Wildman–Crippen LogP) is 19.5. The summed E-state index contributed by atoms with van der Waals surface area (Å²) in [6, 6.07) is -0.911. The molecular formula is C69H121N2O7P. The number of hydrogen-bond donors (Lipinski definition) is 1. The van der Waals surface area contributed by atoms with Crippen molar-refractivity contribution in [2.45, 2.75) is 277 Å². The number of likely N-dealkylation sites (N-methyl/N-ethyl adjacent to an activating group) is 1. The number of nitrogens with one attached hydrogen (secondary N) is 1. The van der Waals surface area contributed by atoms with E-state index in [-0.39, 0.29) is 31.3 Å². The lowest BCUT2D eigenvalue weighted by atomic mass is 10.1. The second kappa shape index (κ2) is 57.9. The minimum atomic E-state index is -4.71. The Balaban J connectivity index is 5.24. The zero-order valence-corrected chi connectivity index (χ0v) is 52.7. The van der Waals surface area contributed by atoms with E-state index in [9.17, 15) is 19.0 Å². The molecule has 454 valence electrons. The SMILES string of the molecule is CC/C=C\C/C=C\C/C=C\C/C=C\C/C=C\C/C=C\CCCCCCC(=O)NC(COP(=O)([O-])OCC[N+](C)(C)C)C(/C=C\CCCCCCCCCCC)OC(=O)CCCCCCCCCCC/C=C\C/C=C\CCCCC. The Morgan fingerprint density at radius 2 is 0.810 bits per heavy atom. The molecule has 1 amide bonds. The third-order valence-corrected chi connectivity index (χ3v) is 14.7. The van der Waals surface area contributed by atoms with E-state index in [2.05, 4.69) is 123 Å². The number of nitrogens with zero attached hydrogens (tertiary/aromatic N) is 1. The fraction of sp³-hybridized carbons (Fsp3) is 0.710. The number of rotatable bonds is 57. The Kier molecular flexibility index (Phi) is 55.4. The van der Waals surface area contributed by atoms with Gasteiger partial charge in [-0.05, 0) is 115 Å². The van der Waals surface area contributed by atoms with Crippen molar-refractivity contribution < 1.29 is 37.3 Å². The van der Waals surface area contributed by atoms with Crippen molar-refractivity contribution in [1.29, 1.82) is 0 Å². The number of allylic oxidation sites excluding steroid dienone is 17. The fourth-order valence-electron chi connectivity index (χ4n) is 8.73. The molecule has 0 aliphatic rings. The first-order chi connectivity index (χ1) is 38.4. The summed E-state index contributed by atoms with van der Waals surface area (Å²) in [6.45, 7) is 6.67. The van der Waals surface area contributed by atoms with Crippen LogP contribution in [0.4, 0.5) is 0 Å². The van der Waals surface area contributed by atoms with Gasteiger partial charge in [0.1, 0.15) is 19.3 Å². The molecule has 0 saturated heterocycles. The van der Waals surface area contributed by atoms with Gasteiger partial charge < -0.3 is 28.5 Å². The maximum absolute atomic E-state index is 13.5. The van der Waals surface area contributed by atoms with Crippen LogP contribution in [0.5, 0.6) is 0 Å². The number of phosphoric ester groups is 1. The smallest absolute Gasteiger partial charge is 0.306 e. The molecule has 0 spiro atoms. The van der Waals surface area contributed by atoms with Gasteiger partial charge >= 0.3 is 5.97 Å². The lowest BCUT2D eigenvalue weighted by Crippen LogP contribution is -2.47. The molecule has 0 radical (unpaired) electrons. The molecule has 0 aromatic heterocycles. The number of hydrogen-bond acceptors (Lipinski definition) is 7. The molecule has 1 N–H and O–H groups in total. The molecule has 0 aromatic rings. The van der Waals surface area contributed by atoms with Crippen LogP contribution in [0.3, 0.4) is 0 Å². The van der Waals surface area contributed by atoms with E-state index in [0.29, 0.717) is 17.4 Å². The summed E-state index contributed by atoms with van der Waals surface area (Å²) in [7, 11) is 1.15. The number of phosphoric acid groups is 1. The summed E-state index contributed by atoms with van der Waals surface area (Å²) in [5.41, 5.74) is 0. The predicted molar refractivity (Wildman–Crippen MR) is 339 cm³/mol. The minimum absolute atomic E-state index is 0.0337. The van der Waals surface area contributed by atoms with E-state index in [1.54, 1.807) is 0 Å². The first kappa shape index (κ1) is 75.7. The maximum Gasteiger partial charge on any atom is 0.306 e. The van der Waals surface area contributed by atoms with E-state index in [1.807, 2.05) is 33.3 Å². The molecule has 0 aliphatic heterocycles. The van der Waals surface area contributed by atoms with Crippen molar-refractivity contribution in [2.75, 3.05) is 40.9 Å². The summed E-state index contributed by atoms with van der Waals surface area (Å²) in [4.78, 5) is 40.0. The Labute approximate surface area is 487 Å². The first-order valence-corrected chi connectivity index (χ1v) is 33.7. The number of esters is 1. The number of quaternary nitrogens is 1. The van der Waals surface area contributed by atoms with E-state index in [0.717, 1.165) is 122 Å². The van der Waals surface area contributed by atoms with Crippen LogP contribution < -0.4 is 10.2 Å². The number of carbonyl (C=O) groups is 2. The number of ether oxygens (including phenoxy) is 1. The second-order valence-electron chi connectivity index (χ2n) is 22.5. The molecule has 10 heteroatoms. The van der Waals surface area contributed by atoms with E-state index < -0.39 is 26.6 Å². The molecule has 79 heavy (non-hydrogen) atoms. The highest BCUT2D eigenvalue weighted by Gasteiger charge is 2.27. The molecule has 0 bridgehead atoms. The normalized spacial score (nSPS) is 14.4. The Bertz CT molecular complexity index is 1720. The van der Waals surface area contributed by atoms with Gasteiger partial charge in [-0.3, -0.25) is 14.2 Å². The lowest BCUT2D eigenvalue weighted by molar-refractivity contribution is -0.870. The van der Waals surface area contributed by atoms with Gasteiger partial charge in [0, 0.05) is 12.8 Å². The monoisotopic (exact) mass is 1120 g/mol. The van der Waals surface area contributed by atoms with Crippen LogP contribution in [0.2, 0.25) is 0 Å². The molecule has 0 fully saturated rings. The van der Waals surface area contributed by atoms with Crippen molar-refractivity contribution in [2.24, 2.45) is 0 Å². The van der Waals surface area contributed by atoms with Gasteiger partial charge in [0.2, 0.25) is 5.91 Å². The highest BCUT2D eigenvalue weighted by molar-refractivity contribution is 7.45. The van der Waals surface area contributed by atoms with Gasteiger partial charge in [-0.15, -0.1) is 0 Å². The van der Waals surface area contributed by atoms with Crippen LogP contribution in [-0.2, 0) is 27.9 Å². The van der Waals surface area contributed by atoms with Crippen molar-refractivity contribution in [1.82, 2.24) is 5.32 Å². The third-order valence-electron chi connectivity index (χ3n) is 13.7. The zero-order chi connectivity index (χ0) is 57.9. The van der Waals surface area contributed by atoms with Gasteiger partial charge in [0.15, 0.2) is 0 Å². The van der Waals surface area contributed by atoms with Crippen molar-refractivity contribution in [3.8, 4) is 0 Å². The first-order valence-electron chi connectivity index (χ1n) is 32.2. The topological polar surface area (TPSA) is 114 Å². The van der Waals surface area contributed by atoms with Crippen LogP contribution in [-0.4, -0.2) is 69.4 Å². The fourth-order valence-corrected chi connectivity index (χ4v) is 9.45. The largest absolute Gasteiger partial charge is 0.756 e. The average Bonchev–Trinajstić information content (AvgIpc) is 3.41. The summed E-state index contributed by atoms with van der Waals surface area (Å²) in [5, 5.41) is 3.01. The van der Waals surface area contributed by atoms with E-state index in [1.165, 1.54) is 103 Å². The molecule has 9 nitrogen and oxygen atoms in total. The van der Waals surface area contributed by atoms with Gasteiger partial charge in [0.05, 0.1) is 33.8 Å². The van der Waals surface area contributed by atoms with Gasteiger partial charge in [-0.1, -0.05) is 246 Å². The van der Waals surface area contributed by atoms with Crippen molar-refractivity contribution in [3.63, 3.8) is 0 Å². The quantitative estimate of drug-likeness (QED) is 0.0212. The molecule has 0 rings (SSSR count). The average molecular weight is 1120 g/mol. The highest BCUT2D eigenvalue weighted by Crippen LogP contribution is 2.38. The molecule has 3 unspecified atom stereocenters. The molecule has 3 atom stereocenters. The molecule has 0 saturated carbocycles. The molecule has 0 heterocycles. The van der Waals surface area contributed by atoms with Gasteiger partial charge in [-0.2, -0.15) is 0 Å². The number of amides is 1. The van der Waals surface area contributed by atoms with E-state index in [4.69, 9.17) is 13.8 Å². The Hall–Kier alpha value is -3.33. The second-order valence-corrected chi connectivity index (χ2v) is 23.9. The van der Waals surface area contributed by atoms with Crippen LogP contribution in [0.15, 0.2) is 109 Å². The number of carbonyl (C=O) groups excluding carboxylic acids is 2. The van der Waals surface area contributed by atoms with Crippen molar-refractivity contribution in [3.05, 3.63) is 109 Å². The van der Waals surface area contributed by atoms with Crippen LogP contribution in [0, 0.1) is 0 Å². The molecule has 0 aliphatic carbocycles. The van der Waals surface area contributed by atoms with Crippen LogP contribution in [0.25, 0.3) is 0 Å². The van der Waals surface area contributed by atoms with Gasteiger partial charge in [-0.25, -0.2) is 0 Å². The van der Waals surface area contributed by atoms with Gasteiger partial charge in [0.25, 0.3) is 7.82 Å². The summed E-state index contributed by atoms with van der Waals surface area (Å²) in [6.07, 6.45) is 79.1.